The first-order valence-corrected chi connectivity index (χ1v) is 7.14. The SMILES string of the molecule is N#Cc1ccc(C(O)CNc2ccc(Br)c(Cl)c2)cc1. The van der Waals surface area contributed by atoms with E-state index >= 15 is 0 Å². The van der Waals surface area contributed by atoms with E-state index in [0.717, 1.165) is 15.7 Å². The topological polar surface area (TPSA) is 56.0 Å². The summed E-state index contributed by atoms with van der Waals surface area (Å²) < 4.78 is 0.831. The van der Waals surface area contributed by atoms with Gasteiger partial charge in [-0.25, -0.2) is 0 Å². The van der Waals surface area contributed by atoms with Crippen LogP contribution >= 0.6 is 27.5 Å². The molecule has 2 N–H and O–H groups in total. The summed E-state index contributed by atoms with van der Waals surface area (Å²) in [5.41, 5.74) is 2.18. The van der Waals surface area contributed by atoms with E-state index in [1.54, 1.807) is 30.3 Å². The maximum Gasteiger partial charge on any atom is 0.0991 e. The number of nitriles is 1. The first-order valence-electron chi connectivity index (χ1n) is 5.97. The van der Waals surface area contributed by atoms with Crippen molar-refractivity contribution in [2.24, 2.45) is 0 Å². The predicted molar refractivity (Wildman–Crippen MR) is 83.8 cm³/mol. The average Bonchev–Trinajstić information content (AvgIpc) is 2.48. The van der Waals surface area contributed by atoms with E-state index in [2.05, 4.69) is 21.2 Å². The number of halogens is 2. The molecule has 0 spiro atoms. The fourth-order valence-electron chi connectivity index (χ4n) is 1.72. The lowest BCUT2D eigenvalue weighted by Gasteiger charge is -2.13. The molecule has 1 unspecified atom stereocenters. The first-order chi connectivity index (χ1) is 9.60. The average molecular weight is 352 g/mol. The summed E-state index contributed by atoms with van der Waals surface area (Å²) in [5, 5.41) is 22.5. The molecular weight excluding hydrogens is 340 g/mol. The van der Waals surface area contributed by atoms with Gasteiger partial charge in [-0.05, 0) is 51.8 Å². The highest BCUT2D eigenvalue weighted by Gasteiger charge is 2.07. The van der Waals surface area contributed by atoms with Gasteiger partial charge in [-0.15, -0.1) is 0 Å². The van der Waals surface area contributed by atoms with Crippen LogP contribution in [0.4, 0.5) is 5.69 Å². The molecule has 0 saturated heterocycles. The largest absolute Gasteiger partial charge is 0.387 e. The Morgan fingerprint density at radius 3 is 2.55 bits per heavy atom. The minimum atomic E-state index is -0.648. The predicted octanol–water partition coefficient (Wildman–Crippen LogP) is 4.12. The van der Waals surface area contributed by atoms with E-state index in [1.165, 1.54) is 0 Å². The van der Waals surface area contributed by atoms with E-state index in [4.69, 9.17) is 16.9 Å². The number of benzene rings is 2. The van der Waals surface area contributed by atoms with Crippen LogP contribution in [0.5, 0.6) is 0 Å². The normalized spacial score (nSPS) is 11.7. The van der Waals surface area contributed by atoms with Gasteiger partial charge in [0.1, 0.15) is 0 Å². The Bertz CT molecular complexity index is 637. The molecule has 0 radical (unpaired) electrons. The molecular formula is C15H12BrClN2O. The fraction of sp³-hybridized carbons (Fsp3) is 0.133. The van der Waals surface area contributed by atoms with Crippen molar-refractivity contribution in [1.29, 1.82) is 5.26 Å². The Hall–Kier alpha value is -1.54. The molecule has 0 aliphatic heterocycles. The monoisotopic (exact) mass is 350 g/mol. The van der Waals surface area contributed by atoms with Crippen molar-refractivity contribution in [1.82, 2.24) is 0 Å². The Morgan fingerprint density at radius 2 is 1.95 bits per heavy atom. The van der Waals surface area contributed by atoms with Crippen LogP contribution < -0.4 is 5.32 Å². The molecule has 2 rings (SSSR count). The molecule has 0 aliphatic rings. The van der Waals surface area contributed by atoms with Crippen molar-refractivity contribution in [2.45, 2.75) is 6.10 Å². The van der Waals surface area contributed by atoms with E-state index in [0.29, 0.717) is 17.1 Å². The molecule has 0 aromatic heterocycles. The Kier molecular flexibility index (Phi) is 5.02. The highest BCUT2D eigenvalue weighted by Crippen LogP contribution is 2.26. The Morgan fingerprint density at radius 1 is 1.25 bits per heavy atom. The van der Waals surface area contributed by atoms with Gasteiger partial charge in [0.15, 0.2) is 0 Å². The first kappa shape index (κ1) is 14.9. The van der Waals surface area contributed by atoms with Crippen molar-refractivity contribution in [3.63, 3.8) is 0 Å². The van der Waals surface area contributed by atoms with Crippen molar-refractivity contribution in [3.8, 4) is 6.07 Å². The Balaban J connectivity index is 1.99. The molecule has 0 saturated carbocycles. The van der Waals surface area contributed by atoms with Gasteiger partial charge in [-0.2, -0.15) is 5.26 Å². The zero-order chi connectivity index (χ0) is 14.5. The van der Waals surface area contributed by atoms with E-state index in [-0.39, 0.29) is 0 Å². The zero-order valence-corrected chi connectivity index (χ0v) is 12.8. The summed E-state index contributed by atoms with van der Waals surface area (Å²) in [7, 11) is 0. The quantitative estimate of drug-likeness (QED) is 0.871. The van der Waals surface area contributed by atoms with Crippen LogP contribution in [-0.2, 0) is 0 Å². The number of anilines is 1. The number of rotatable bonds is 4. The second-order valence-electron chi connectivity index (χ2n) is 4.26. The van der Waals surface area contributed by atoms with Gasteiger partial charge in [0.05, 0.1) is 22.8 Å². The third kappa shape index (κ3) is 3.73. The van der Waals surface area contributed by atoms with Gasteiger partial charge in [0.2, 0.25) is 0 Å². The zero-order valence-electron chi connectivity index (χ0n) is 10.5. The highest BCUT2D eigenvalue weighted by molar-refractivity contribution is 9.10. The lowest BCUT2D eigenvalue weighted by molar-refractivity contribution is 0.191. The minimum absolute atomic E-state index is 0.365. The molecule has 2 aromatic rings. The molecule has 0 aliphatic carbocycles. The van der Waals surface area contributed by atoms with Crippen molar-refractivity contribution >= 4 is 33.2 Å². The molecule has 3 nitrogen and oxygen atoms in total. The minimum Gasteiger partial charge on any atom is -0.387 e. The maximum atomic E-state index is 10.1. The summed E-state index contributed by atoms with van der Waals surface area (Å²) in [5.74, 6) is 0. The van der Waals surface area contributed by atoms with Crippen LogP contribution in [-0.4, -0.2) is 11.7 Å². The number of aliphatic hydroxyl groups excluding tert-OH is 1. The third-order valence-electron chi connectivity index (χ3n) is 2.84. The Labute approximate surface area is 130 Å². The van der Waals surface area contributed by atoms with Crippen LogP contribution in [0.15, 0.2) is 46.9 Å². The van der Waals surface area contributed by atoms with Gasteiger partial charge < -0.3 is 10.4 Å². The third-order valence-corrected chi connectivity index (χ3v) is 4.08. The van der Waals surface area contributed by atoms with Crippen molar-refractivity contribution in [2.75, 3.05) is 11.9 Å². The molecule has 0 bridgehead atoms. The van der Waals surface area contributed by atoms with E-state index < -0.39 is 6.10 Å². The van der Waals surface area contributed by atoms with Gasteiger partial charge in [-0.3, -0.25) is 0 Å². The van der Waals surface area contributed by atoms with Gasteiger partial charge >= 0.3 is 0 Å². The molecule has 5 heteroatoms. The number of aliphatic hydroxyl groups is 1. The molecule has 0 heterocycles. The van der Waals surface area contributed by atoms with Gasteiger partial charge in [0.25, 0.3) is 0 Å². The van der Waals surface area contributed by atoms with Crippen molar-refractivity contribution in [3.05, 3.63) is 63.1 Å². The molecule has 0 fully saturated rings. The van der Waals surface area contributed by atoms with Crippen molar-refractivity contribution < 1.29 is 5.11 Å². The summed E-state index contributed by atoms with van der Waals surface area (Å²) in [6.45, 7) is 0.365. The number of nitrogens with one attached hydrogen (secondary N) is 1. The number of hydrogen-bond acceptors (Lipinski definition) is 3. The standard InChI is InChI=1S/C15H12BrClN2O/c16-13-6-5-12(7-14(13)17)19-9-15(20)11-3-1-10(8-18)2-4-11/h1-7,15,19-20H,9H2. The van der Waals surface area contributed by atoms with E-state index in [9.17, 15) is 5.11 Å². The summed E-state index contributed by atoms with van der Waals surface area (Å²) >= 11 is 9.32. The smallest absolute Gasteiger partial charge is 0.0991 e. The second kappa shape index (κ2) is 6.76. The van der Waals surface area contributed by atoms with Gasteiger partial charge in [0, 0.05) is 16.7 Å². The highest BCUT2D eigenvalue weighted by atomic mass is 79.9. The molecule has 0 amide bonds. The van der Waals surface area contributed by atoms with Crippen LogP contribution in [0, 0.1) is 11.3 Å². The second-order valence-corrected chi connectivity index (χ2v) is 5.52. The van der Waals surface area contributed by atoms with E-state index in [1.807, 2.05) is 18.2 Å². The van der Waals surface area contributed by atoms with Crippen LogP contribution in [0.25, 0.3) is 0 Å². The number of hydrogen-bond donors (Lipinski definition) is 2. The lowest BCUT2D eigenvalue weighted by atomic mass is 10.1. The van der Waals surface area contributed by atoms with Crippen LogP contribution in [0.2, 0.25) is 5.02 Å². The number of nitrogens with zero attached hydrogens (tertiary/aromatic N) is 1. The molecule has 1 atom stereocenters. The molecule has 102 valence electrons. The maximum absolute atomic E-state index is 10.1. The summed E-state index contributed by atoms with van der Waals surface area (Å²) in [4.78, 5) is 0. The molecule has 20 heavy (non-hydrogen) atoms. The van der Waals surface area contributed by atoms with Crippen LogP contribution in [0.3, 0.4) is 0 Å². The van der Waals surface area contributed by atoms with Crippen LogP contribution in [0.1, 0.15) is 17.2 Å². The fourth-order valence-corrected chi connectivity index (χ4v) is 2.15. The summed E-state index contributed by atoms with van der Waals surface area (Å²) in [6, 6.07) is 14.4. The molecule has 2 aromatic carbocycles. The lowest BCUT2D eigenvalue weighted by Crippen LogP contribution is -2.12. The summed E-state index contributed by atoms with van der Waals surface area (Å²) in [6.07, 6.45) is -0.648. The van der Waals surface area contributed by atoms with Gasteiger partial charge in [-0.1, -0.05) is 23.7 Å².